The molecule has 0 fully saturated rings. The van der Waals surface area contributed by atoms with E-state index in [9.17, 15) is 2.74 Å². The van der Waals surface area contributed by atoms with Gasteiger partial charge in [0.25, 0.3) is 0 Å². The molecule has 0 N–H and O–H groups in total. The lowest BCUT2D eigenvalue weighted by Crippen LogP contribution is -2.14. The predicted octanol–water partition coefficient (Wildman–Crippen LogP) is 19.3. The van der Waals surface area contributed by atoms with Gasteiger partial charge in [-0.05, 0) is 143 Å². The molecule has 0 aliphatic heterocycles. The maximum absolute atomic E-state index is 10.7. The summed E-state index contributed by atoms with van der Waals surface area (Å²) in [5, 5.41) is 5.23. The summed E-state index contributed by atoms with van der Waals surface area (Å²) in [4.78, 5) is 4.53. The third-order valence-corrected chi connectivity index (χ3v) is 13.5. The molecular formula is C66H62N2. The van der Waals surface area contributed by atoms with E-state index in [0.717, 1.165) is 88.7 Å². The minimum Gasteiger partial charge on any atom is -0.310 e. The average molecular weight is 885 g/mol. The molecule has 0 bridgehead atoms. The van der Waals surface area contributed by atoms with Crippen molar-refractivity contribution in [2.75, 3.05) is 9.80 Å². The van der Waals surface area contributed by atoms with E-state index < -0.39 is 0 Å². The van der Waals surface area contributed by atoms with E-state index >= 15 is 0 Å². The van der Waals surface area contributed by atoms with Crippen LogP contribution < -0.4 is 9.80 Å². The number of fused-ring (bicyclic) bond motifs is 5. The van der Waals surface area contributed by atoms with Crippen LogP contribution in [0.15, 0.2) is 212 Å². The zero-order chi connectivity index (χ0) is 49.1. The van der Waals surface area contributed by atoms with Gasteiger partial charge in [0.15, 0.2) is 0 Å². The Balaban J connectivity index is 1.29. The second kappa shape index (κ2) is 17.3. The van der Waals surface area contributed by atoms with Crippen molar-refractivity contribution in [1.29, 1.82) is 0 Å². The van der Waals surface area contributed by atoms with Crippen molar-refractivity contribution in [1.82, 2.24) is 0 Å². The molecule has 336 valence electrons. The number of hydrogen-bond donors (Lipinski definition) is 0. The molecule has 2 nitrogen and oxygen atoms in total. The number of benzene rings is 10. The summed E-state index contributed by atoms with van der Waals surface area (Å²) in [5.41, 5.74) is 13.3. The number of rotatable bonds is 8. The average Bonchev–Trinajstić information content (AvgIpc) is 3.36. The second-order valence-electron chi connectivity index (χ2n) is 21.3. The first-order valence-corrected chi connectivity index (χ1v) is 24.0. The molecule has 10 aromatic rings. The molecule has 0 saturated heterocycles. The summed E-state index contributed by atoms with van der Waals surface area (Å²) < 4.78 is 21.4. The fourth-order valence-corrected chi connectivity index (χ4v) is 9.49. The molecular weight excluding hydrogens is 821 g/mol. The third kappa shape index (κ3) is 8.57. The Morgan fingerprint density at radius 1 is 0.279 bits per heavy atom. The van der Waals surface area contributed by atoms with Crippen molar-refractivity contribution in [3.05, 3.63) is 229 Å². The van der Waals surface area contributed by atoms with Crippen LogP contribution in [-0.4, -0.2) is 0 Å². The molecule has 0 amide bonds. The van der Waals surface area contributed by atoms with Gasteiger partial charge in [-0.25, -0.2) is 0 Å². The number of nitrogens with zero attached hydrogens (tertiary/aromatic N) is 2. The van der Waals surface area contributed by atoms with Gasteiger partial charge in [0, 0.05) is 33.5 Å². The quantitative estimate of drug-likeness (QED) is 0.140. The molecule has 10 aromatic carbocycles. The summed E-state index contributed by atoms with van der Waals surface area (Å²) in [7, 11) is 0. The van der Waals surface area contributed by atoms with Gasteiger partial charge in [-0.15, -0.1) is 0 Å². The van der Waals surface area contributed by atoms with Crippen molar-refractivity contribution in [3.63, 3.8) is 0 Å². The van der Waals surface area contributed by atoms with Gasteiger partial charge < -0.3 is 9.80 Å². The van der Waals surface area contributed by atoms with E-state index in [0.29, 0.717) is 12.1 Å². The standard InChI is InChI=1S/C66H62N2/c1-64(2,3)49-28-37-54(38-29-49)67(52-33-24-47(25-34-52)45-18-12-10-13-19-45)62-44-61-59-42-51(66(7,8)9)32-41-58(59)63(43-60(61)56-22-16-17-23-57(56)62)68(55-39-30-50(31-40-55)65(4,5)6)53-35-26-48(27-36-53)46-20-14-11-15-21-46/h10-44H,1-9H3/i43D,44D. The zero-order valence-corrected chi connectivity index (χ0v) is 40.9. The van der Waals surface area contributed by atoms with E-state index in [2.05, 4.69) is 260 Å². The molecule has 0 spiro atoms. The summed E-state index contributed by atoms with van der Waals surface area (Å²) in [6, 6.07) is 72.0. The monoisotopic (exact) mass is 885 g/mol. The van der Waals surface area contributed by atoms with E-state index in [1.807, 2.05) is 12.1 Å². The molecule has 0 aromatic heterocycles. The Morgan fingerprint density at radius 2 is 0.588 bits per heavy atom. The molecule has 68 heavy (non-hydrogen) atoms. The van der Waals surface area contributed by atoms with Crippen LogP contribution in [0.2, 0.25) is 0 Å². The normalized spacial score (nSPS) is 12.6. The van der Waals surface area contributed by atoms with Crippen LogP contribution in [-0.2, 0) is 16.2 Å². The molecule has 0 atom stereocenters. The van der Waals surface area contributed by atoms with Gasteiger partial charge in [-0.3, -0.25) is 0 Å². The molecule has 0 radical (unpaired) electrons. The topological polar surface area (TPSA) is 6.48 Å². The molecule has 0 heterocycles. The summed E-state index contributed by atoms with van der Waals surface area (Å²) in [5.74, 6) is 0. The van der Waals surface area contributed by atoms with Crippen molar-refractivity contribution in [2.45, 2.75) is 78.6 Å². The Morgan fingerprint density at radius 3 is 0.985 bits per heavy atom. The van der Waals surface area contributed by atoms with Crippen LogP contribution in [0.1, 0.15) is 81.7 Å². The fraction of sp³-hybridized carbons (Fsp3) is 0.182. The molecule has 10 rings (SSSR count). The minimum atomic E-state index is -0.181. The summed E-state index contributed by atoms with van der Waals surface area (Å²) >= 11 is 0. The van der Waals surface area contributed by atoms with Crippen molar-refractivity contribution in [3.8, 4) is 22.3 Å². The summed E-state index contributed by atoms with van der Waals surface area (Å²) in [6.45, 7) is 20.2. The van der Waals surface area contributed by atoms with Crippen molar-refractivity contribution < 1.29 is 2.74 Å². The highest BCUT2D eigenvalue weighted by atomic mass is 15.2. The smallest absolute Gasteiger partial charge is 0.0652 e. The lowest BCUT2D eigenvalue weighted by molar-refractivity contribution is 0.590. The maximum Gasteiger partial charge on any atom is 0.0652 e. The lowest BCUT2D eigenvalue weighted by Gasteiger charge is -2.31. The largest absolute Gasteiger partial charge is 0.310 e. The van der Waals surface area contributed by atoms with Crippen LogP contribution in [0.25, 0.3) is 54.6 Å². The van der Waals surface area contributed by atoms with Crippen LogP contribution in [0.5, 0.6) is 0 Å². The lowest BCUT2D eigenvalue weighted by atomic mass is 9.84. The molecule has 0 aliphatic rings. The Hall–Kier alpha value is -7.42. The van der Waals surface area contributed by atoms with Gasteiger partial charge in [0.1, 0.15) is 0 Å². The number of anilines is 6. The highest BCUT2D eigenvalue weighted by molar-refractivity contribution is 6.24. The Bertz CT molecular complexity index is 3500. The summed E-state index contributed by atoms with van der Waals surface area (Å²) in [6.07, 6.45) is 0. The molecule has 0 saturated carbocycles. The molecule has 2 heteroatoms. The highest BCUT2D eigenvalue weighted by Crippen LogP contribution is 2.49. The Labute approximate surface area is 407 Å². The SMILES string of the molecule is [2H]c1c(N(c2ccc(-c3ccccc3)cc2)c2ccc(C(C)(C)C)cc2)c2ccc(C(C)(C)C)cc2c2c([2H])c(N(c3ccc(-c4ccccc4)cc3)c3ccc(C(C)(C)C)cc3)c3ccccc3c12. The zero-order valence-electron chi connectivity index (χ0n) is 42.9. The van der Waals surface area contributed by atoms with Gasteiger partial charge in [-0.2, -0.15) is 0 Å². The van der Waals surface area contributed by atoms with E-state index in [1.165, 1.54) is 16.7 Å². The van der Waals surface area contributed by atoms with E-state index in [4.69, 9.17) is 0 Å². The van der Waals surface area contributed by atoms with Gasteiger partial charge >= 0.3 is 0 Å². The molecule has 0 unspecified atom stereocenters. The van der Waals surface area contributed by atoms with E-state index in [1.54, 1.807) is 0 Å². The van der Waals surface area contributed by atoms with Crippen LogP contribution >= 0.6 is 0 Å². The fourth-order valence-electron chi connectivity index (χ4n) is 9.49. The Kier molecular flexibility index (Phi) is 10.7. The highest BCUT2D eigenvalue weighted by Gasteiger charge is 2.25. The maximum atomic E-state index is 10.7. The van der Waals surface area contributed by atoms with Gasteiger partial charge in [0.05, 0.1) is 14.1 Å². The third-order valence-electron chi connectivity index (χ3n) is 13.5. The predicted molar refractivity (Wildman–Crippen MR) is 295 cm³/mol. The van der Waals surface area contributed by atoms with Crippen LogP contribution in [0.3, 0.4) is 0 Å². The van der Waals surface area contributed by atoms with Crippen LogP contribution in [0.4, 0.5) is 34.1 Å². The van der Waals surface area contributed by atoms with Crippen molar-refractivity contribution in [2.24, 2.45) is 0 Å². The molecule has 0 aliphatic carbocycles. The van der Waals surface area contributed by atoms with Gasteiger partial charge in [-0.1, -0.05) is 208 Å². The first-order chi connectivity index (χ1) is 33.5. The second-order valence-corrected chi connectivity index (χ2v) is 21.3. The first kappa shape index (κ1) is 42.0. The first-order valence-electron chi connectivity index (χ1n) is 25.0. The minimum absolute atomic E-state index is 0.0325. The van der Waals surface area contributed by atoms with Gasteiger partial charge in [0.2, 0.25) is 0 Å². The van der Waals surface area contributed by atoms with E-state index in [-0.39, 0.29) is 16.2 Å². The van der Waals surface area contributed by atoms with Crippen molar-refractivity contribution >= 4 is 66.4 Å². The van der Waals surface area contributed by atoms with Crippen LogP contribution in [0, 0.1) is 0 Å². The number of hydrogen-bond acceptors (Lipinski definition) is 2.